The molecule has 0 bridgehead atoms. The number of hydrogen-bond acceptors (Lipinski definition) is 5. The second-order valence-corrected chi connectivity index (χ2v) is 7.56. The number of nitrogens with zero attached hydrogens (tertiary/aromatic N) is 2. The lowest BCUT2D eigenvalue weighted by molar-refractivity contribution is -0.123. The lowest BCUT2D eigenvalue weighted by atomic mass is 10.1. The molecule has 2 unspecified atom stereocenters. The van der Waals surface area contributed by atoms with Gasteiger partial charge in [-0.1, -0.05) is 12.1 Å². The van der Waals surface area contributed by atoms with Gasteiger partial charge >= 0.3 is 0 Å². The highest BCUT2D eigenvalue weighted by Crippen LogP contribution is 2.18. The first-order valence-electron chi connectivity index (χ1n) is 7.78. The summed E-state index contributed by atoms with van der Waals surface area (Å²) < 4.78 is 27.4. The first kappa shape index (κ1) is 19.1. The zero-order valence-corrected chi connectivity index (χ0v) is 15.5. The number of sulfonamides is 1. The van der Waals surface area contributed by atoms with Crippen LogP contribution >= 0.6 is 0 Å². The van der Waals surface area contributed by atoms with E-state index in [1.165, 1.54) is 19.2 Å². The van der Waals surface area contributed by atoms with Crippen molar-refractivity contribution >= 4 is 15.9 Å². The number of carbonyl (C=O) groups excluding carboxylic acids is 1. The van der Waals surface area contributed by atoms with Gasteiger partial charge in [0.1, 0.15) is 6.04 Å². The van der Waals surface area contributed by atoms with Crippen molar-refractivity contribution in [2.75, 3.05) is 14.1 Å². The van der Waals surface area contributed by atoms with Crippen molar-refractivity contribution < 1.29 is 13.2 Å². The number of benzene rings is 1. The summed E-state index contributed by atoms with van der Waals surface area (Å²) in [5, 5.41) is 9.98. The Hall–Kier alpha value is -2.23. The van der Waals surface area contributed by atoms with Crippen LogP contribution in [0.15, 0.2) is 41.6 Å². The quantitative estimate of drug-likeness (QED) is 0.661. The molecule has 2 aromatic rings. The molecule has 9 heteroatoms. The van der Waals surface area contributed by atoms with E-state index in [1.807, 2.05) is 6.92 Å². The Bertz CT molecular complexity index is 830. The van der Waals surface area contributed by atoms with Crippen LogP contribution in [0.1, 0.15) is 30.1 Å². The summed E-state index contributed by atoms with van der Waals surface area (Å²) in [5.41, 5.74) is 1.58. The number of amides is 1. The second kappa shape index (κ2) is 7.77. The minimum Gasteiger partial charge on any atom is -0.348 e. The summed E-state index contributed by atoms with van der Waals surface area (Å²) in [6, 6.07) is 5.62. The molecular formula is C16H23N5O3S. The third kappa shape index (κ3) is 4.44. The molecule has 3 N–H and O–H groups in total. The molecule has 0 radical (unpaired) electrons. The Morgan fingerprint density at radius 3 is 2.28 bits per heavy atom. The first-order valence-corrected chi connectivity index (χ1v) is 9.26. The summed E-state index contributed by atoms with van der Waals surface area (Å²) in [4.78, 5) is 12.7. The average Bonchev–Trinajstić information content (AvgIpc) is 3.01. The van der Waals surface area contributed by atoms with Crippen molar-refractivity contribution in [3.63, 3.8) is 0 Å². The number of rotatable bonds is 7. The molecule has 2 rings (SSSR count). The van der Waals surface area contributed by atoms with Crippen molar-refractivity contribution in [1.29, 1.82) is 0 Å². The molecule has 1 amide bonds. The van der Waals surface area contributed by atoms with Crippen molar-refractivity contribution in [1.82, 2.24) is 25.1 Å². The van der Waals surface area contributed by atoms with E-state index in [4.69, 9.17) is 0 Å². The van der Waals surface area contributed by atoms with Crippen LogP contribution in [-0.4, -0.2) is 38.2 Å². The van der Waals surface area contributed by atoms with Crippen LogP contribution in [0.5, 0.6) is 0 Å². The molecule has 0 saturated carbocycles. The fraction of sp³-hybridized carbons (Fsp3) is 0.375. The van der Waals surface area contributed by atoms with Gasteiger partial charge in [0.25, 0.3) is 0 Å². The van der Waals surface area contributed by atoms with Gasteiger partial charge in [0, 0.05) is 18.8 Å². The molecule has 0 spiro atoms. The molecule has 0 saturated heterocycles. The van der Waals surface area contributed by atoms with Gasteiger partial charge in [0.15, 0.2) is 0 Å². The van der Waals surface area contributed by atoms with E-state index < -0.39 is 16.1 Å². The summed E-state index contributed by atoms with van der Waals surface area (Å²) >= 11 is 0. The van der Waals surface area contributed by atoms with Crippen LogP contribution in [0.2, 0.25) is 0 Å². The Labute approximate surface area is 147 Å². The summed E-state index contributed by atoms with van der Waals surface area (Å²) in [7, 11) is 1.39. The van der Waals surface area contributed by atoms with Gasteiger partial charge in [-0.25, -0.2) is 13.1 Å². The summed E-state index contributed by atoms with van der Waals surface area (Å²) in [6.07, 6.45) is 3.42. The predicted molar refractivity (Wildman–Crippen MR) is 94.3 cm³/mol. The maximum absolute atomic E-state index is 12.5. The average molecular weight is 365 g/mol. The molecule has 0 fully saturated rings. The van der Waals surface area contributed by atoms with E-state index in [9.17, 15) is 13.2 Å². The van der Waals surface area contributed by atoms with Crippen molar-refractivity contribution in [3.8, 4) is 0 Å². The fourth-order valence-electron chi connectivity index (χ4n) is 2.47. The summed E-state index contributed by atoms with van der Waals surface area (Å²) in [6.45, 7) is 1.84. The molecule has 25 heavy (non-hydrogen) atoms. The number of hydrogen-bond donors (Lipinski definition) is 3. The Balaban J connectivity index is 2.10. The van der Waals surface area contributed by atoms with Crippen LogP contribution in [0.25, 0.3) is 0 Å². The lowest BCUT2D eigenvalue weighted by Crippen LogP contribution is -2.37. The van der Waals surface area contributed by atoms with Gasteiger partial charge in [-0.05, 0) is 38.7 Å². The van der Waals surface area contributed by atoms with Crippen LogP contribution in [-0.2, 0) is 21.9 Å². The Morgan fingerprint density at radius 1 is 1.16 bits per heavy atom. The smallest absolute Gasteiger partial charge is 0.242 e. The first-order chi connectivity index (χ1) is 11.8. The van der Waals surface area contributed by atoms with Gasteiger partial charge in [-0.2, -0.15) is 5.10 Å². The number of nitrogens with one attached hydrogen (secondary N) is 3. The molecule has 2 atom stereocenters. The molecule has 0 aliphatic heterocycles. The van der Waals surface area contributed by atoms with Gasteiger partial charge in [-0.15, -0.1) is 0 Å². The van der Waals surface area contributed by atoms with E-state index in [0.717, 1.165) is 11.1 Å². The number of aryl methyl sites for hydroxylation is 1. The van der Waals surface area contributed by atoms with Crippen LogP contribution < -0.4 is 15.4 Å². The minimum absolute atomic E-state index is 0.181. The van der Waals surface area contributed by atoms with Crippen LogP contribution in [0.4, 0.5) is 0 Å². The second-order valence-electron chi connectivity index (χ2n) is 5.68. The van der Waals surface area contributed by atoms with Gasteiger partial charge in [-0.3, -0.25) is 9.48 Å². The van der Waals surface area contributed by atoms with Crippen LogP contribution in [0, 0.1) is 0 Å². The highest BCUT2D eigenvalue weighted by atomic mass is 32.2. The number of likely N-dealkylation sites (N-methyl/N-ethyl adjacent to an activating group) is 1. The normalized spacial score (nSPS) is 14.1. The van der Waals surface area contributed by atoms with E-state index in [1.54, 1.807) is 43.3 Å². The Kier molecular flexibility index (Phi) is 5.93. The largest absolute Gasteiger partial charge is 0.348 e. The lowest BCUT2D eigenvalue weighted by Gasteiger charge is -2.19. The van der Waals surface area contributed by atoms with Crippen molar-refractivity contribution in [2.24, 2.45) is 7.05 Å². The number of aromatic nitrogens is 2. The zero-order valence-electron chi connectivity index (χ0n) is 14.6. The van der Waals surface area contributed by atoms with Gasteiger partial charge < -0.3 is 10.6 Å². The summed E-state index contributed by atoms with van der Waals surface area (Å²) in [5.74, 6) is -0.185. The zero-order chi connectivity index (χ0) is 18.6. The van der Waals surface area contributed by atoms with E-state index in [0.29, 0.717) is 0 Å². The van der Waals surface area contributed by atoms with E-state index >= 15 is 0 Å². The van der Waals surface area contributed by atoms with Gasteiger partial charge in [0.05, 0.1) is 17.1 Å². The third-order valence-electron chi connectivity index (χ3n) is 3.93. The number of carbonyl (C=O) groups is 1. The maximum atomic E-state index is 12.5. The molecular weight excluding hydrogens is 342 g/mol. The van der Waals surface area contributed by atoms with Crippen molar-refractivity contribution in [2.45, 2.75) is 23.9 Å². The standard InChI is InChI=1S/C16H23N5O3S/c1-11(12-5-7-14(8-6-12)25(23,24)18-3)20-16(22)15(17-2)13-9-19-21(4)10-13/h5-11,15,17-18H,1-4H3,(H,20,22). The molecule has 1 aromatic carbocycles. The van der Waals surface area contributed by atoms with Gasteiger partial charge in [0.2, 0.25) is 15.9 Å². The monoisotopic (exact) mass is 365 g/mol. The molecule has 0 aliphatic carbocycles. The van der Waals surface area contributed by atoms with Crippen molar-refractivity contribution in [3.05, 3.63) is 47.8 Å². The molecule has 1 heterocycles. The predicted octanol–water partition coefficient (Wildman–Crippen LogP) is 0.466. The van der Waals surface area contributed by atoms with E-state index in [-0.39, 0.29) is 16.8 Å². The maximum Gasteiger partial charge on any atom is 0.242 e. The SMILES string of the molecule is CNC(C(=O)NC(C)c1ccc(S(=O)(=O)NC)cc1)c1cnn(C)c1. The molecule has 1 aromatic heterocycles. The topological polar surface area (TPSA) is 105 Å². The molecule has 136 valence electrons. The van der Waals surface area contributed by atoms with Crippen LogP contribution in [0.3, 0.4) is 0 Å². The fourth-order valence-corrected chi connectivity index (χ4v) is 3.20. The minimum atomic E-state index is -3.47. The molecule has 0 aliphatic rings. The molecule has 8 nitrogen and oxygen atoms in total. The van der Waals surface area contributed by atoms with E-state index in [2.05, 4.69) is 20.5 Å². The third-order valence-corrected chi connectivity index (χ3v) is 5.36. The Morgan fingerprint density at radius 2 is 1.80 bits per heavy atom. The highest BCUT2D eigenvalue weighted by Gasteiger charge is 2.22. The highest BCUT2D eigenvalue weighted by molar-refractivity contribution is 7.89.